The monoisotopic (exact) mass is 305 g/mol. The average molecular weight is 305 g/mol. The lowest BCUT2D eigenvalue weighted by molar-refractivity contribution is -0.294. The van der Waals surface area contributed by atoms with Gasteiger partial charge in [0.15, 0.2) is 0 Å². The van der Waals surface area contributed by atoms with Gasteiger partial charge in [0.25, 0.3) is 0 Å². The van der Waals surface area contributed by atoms with Crippen molar-refractivity contribution >= 4 is 0 Å². The van der Waals surface area contributed by atoms with E-state index in [0.717, 1.165) is 14.2 Å². The van der Waals surface area contributed by atoms with Crippen LogP contribution < -0.4 is 10.1 Å². The first-order valence-electron chi connectivity index (χ1n) is 5.21. The predicted molar refractivity (Wildman–Crippen MR) is 55.7 cm³/mol. The van der Waals surface area contributed by atoms with Crippen LogP contribution in [0, 0.1) is 11.6 Å². The van der Waals surface area contributed by atoms with Gasteiger partial charge in [0.1, 0.15) is 23.4 Å². The fourth-order valence-electron chi connectivity index (χ4n) is 1.63. The molecule has 1 rings (SSSR count). The normalized spacial score (nSPS) is 14.2. The Balaban J connectivity index is 3.41. The molecule has 1 atom stereocenters. The molecule has 1 aromatic rings. The second-order valence-corrected chi connectivity index (χ2v) is 3.85. The molecule has 20 heavy (non-hydrogen) atoms. The zero-order chi connectivity index (χ0) is 15.7. The number of methoxy groups -OCH3 is 1. The first-order valence-corrected chi connectivity index (χ1v) is 5.21. The summed E-state index contributed by atoms with van der Waals surface area (Å²) in [5.74, 6) is -8.82. The molecule has 0 saturated heterocycles. The van der Waals surface area contributed by atoms with Crippen LogP contribution in [-0.4, -0.2) is 26.3 Å². The summed E-state index contributed by atoms with van der Waals surface area (Å²) in [6.45, 7) is 0. The highest BCUT2D eigenvalue weighted by atomic mass is 19.4. The van der Waals surface area contributed by atoms with Crippen LogP contribution in [0.15, 0.2) is 12.1 Å². The molecule has 0 aromatic heterocycles. The SMILES string of the molecule is CNC(c1c(F)cc(OC)cc1F)C(F)(F)C(F)(F)F. The van der Waals surface area contributed by atoms with E-state index >= 15 is 0 Å². The van der Waals surface area contributed by atoms with E-state index in [1.807, 2.05) is 0 Å². The third kappa shape index (κ3) is 2.82. The van der Waals surface area contributed by atoms with Crippen LogP contribution in [0.4, 0.5) is 30.7 Å². The summed E-state index contributed by atoms with van der Waals surface area (Å²) in [7, 11) is 1.81. The molecule has 0 aliphatic rings. The molecular formula is C11H10F7NO. The summed E-state index contributed by atoms with van der Waals surface area (Å²) >= 11 is 0. The lowest BCUT2D eigenvalue weighted by Gasteiger charge is -2.29. The number of ether oxygens (including phenoxy) is 1. The lowest BCUT2D eigenvalue weighted by atomic mass is 9.98. The molecule has 0 aliphatic carbocycles. The smallest absolute Gasteiger partial charge is 0.455 e. The number of alkyl halides is 5. The fourth-order valence-corrected chi connectivity index (χ4v) is 1.63. The van der Waals surface area contributed by atoms with E-state index in [4.69, 9.17) is 0 Å². The van der Waals surface area contributed by atoms with Gasteiger partial charge in [-0.15, -0.1) is 0 Å². The number of nitrogens with one attached hydrogen (secondary N) is 1. The molecule has 0 fully saturated rings. The molecule has 9 heteroatoms. The van der Waals surface area contributed by atoms with Gasteiger partial charge in [-0.25, -0.2) is 8.78 Å². The average Bonchev–Trinajstić information content (AvgIpc) is 2.31. The minimum absolute atomic E-state index is 0.339. The van der Waals surface area contributed by atoms with Crippen molar-refractivity contribution in [2.24, 2.45) is 0 Å². The molecule has 1 N–H and O–H groups in total. The quantitative estimate of drug-likeness (QED) is 0.861. The maximum Gasteiger partial charge on any atom is 0.455 e. The van der Waals surface area contributed by atoms with Crippen molar-refractivity contribution in [3.8, 4) is 5.75 Å². The molecule has 0 aliphatic heterocycles. The molecule has 114 valence electrons. The summed E-state index contributed by atoms with van der Waals surface area (Å²) in [4.78, 5) is 0. The Hall–Kier alpha value is -1.51. The van der Waals surface area contributed by atoms with Crippen molar-refractivity contribution in [1.29, 1.82) is 0 Å². The number of halogens is 7. The Kier molecular flexibility index (Phi) is 4.52. The van der Waals surface area contributed by atoms with Crippen LogP contribution in [-0.2, 0) is 0 Å². The van der Waals surface area contributed by atoms with Gasteiger partial charge in [0.05, 0.1) is 7.11 Å². The molecule has 1 unspecified atom stereocenters. The standard InChI is InChI=1S/C11H10F7NO/c1-19-9(10(14,15)11(16,17)18)8-6(12)3-5(20-2)4-7(8)13/h3-4,9,19H,1-2H3. The second-order valence-electron chi connectivity index (χ2n) is 3.85. The van der Waals surface area contributed by atoms with Crippen molar-refractivity contribution in [2.75, 3.05) is 14.2 Å². The molecule has 0 radical (unpaired) electrons. The van der Waals surface area contributed by atoms with Crippen molar-refractivity contribution < 1.29 is 35.5 Å². The Labute approximate surface area is 109 Å². The van der Waals surface area contributed by atoms with E-state index in [1.165, 1.54) is 0 Å². The van der Waals surface area contributed by atoms with E-state index in [0.29, 0.717) is 12.1 Å². The second kappa shape index (κ2) is 5.47. The van der Waals surface area contributed by atoms with Gasteiger partial charge in [-0.3, -0.25) is 0 Å². The first-order chi connectivity index (χ1) is 9.06. The minimum atomic E-state index is -5.96. The summed E-state index contributed by atoms with van der Waals surface area (Å²) < 4.78 is 95.1. The predicted octanol–water partition coefficient (Wildman–Crippen LogP) is 3.43. The summed E-state index contributed by atoms with van der Waals surface area (Å²) in [6, 6.07) is -1.85. The van der Waals surface area contributed by atoms with Crippen molar-refractivity contribution in [1.82, 2.24) is 5.32 Å². The van der Waals surface area contributed by atoms with Gasteiger partial charge in [-0.2, -0.15) is 22.0 Å². The van der Waals surface area contributed by atoms with E-state index < -0.39 is 35.3 Å². The van der Waals surface area contributed by atoms with Crippen LogP contribution >= 0.6 is 0 Å². The maximum absolute atomic E-state index is 13.6. The van der Waals surface area contributed by atoms with Gasteiger partial charge < -0.3 is 10.1 Å². The van der Waals surface area contributed by atoms with Crippen molar-refractivity contribution in [3.05, 3.63) is 29.3 Å². The van der Waals surface area contributed by atoms with Crippen LogP contribution in [0.5, 0.6) is 5.75 Å². The first kappa shape index (κ1) is 16.5. The molecular weight excluding hydrogens is 295 g/mol. The van der Waals surface area contributed by atoms with Crippen LogP contribution in [0.2, 0.25) is 0 Å². The lowest BCUT2D eigenvalue weighted by Crippen LogP contribution is -2.47. The van der Waals surface area contributed by atoms with Gasteiger partial charge in [-0.1, -0.05) is 0 Å². The van der Waals surface area contributed by atoms with Gasteiger partial charge in [-0.05, 0) is 7.05 Å². The van der Waals surface area contributed by atoms with Gasteiger partial charge >= 0.3 is 12.1 Å². The zero-order valence-corrected chi connectivity index (χ0v) is 10.3. The highest BCUT2D eigenvalue weighted by Crippen LogP contribution is 2.45. The largest absolute Gasteiger partial charge is 0.497 e. The Morgan fingerprint density at radius 3 is 1.80 bits per heavy atom. The summed E-state index contributed by atoms with van der Waals surface area (Å²) in [5, 5.41) is 1.59. The molecule has 0 spiro atoms. The van der Waals surface area contributed by atoms with E-state index in [9.17, 15) is 30.7 Å². The number of hydrogen-bond acceptors (Lipinski definition) is 2. The minimum Gasteiger partial charge on any atom is -0.497 e. The third-order valence-electron chi connectivity index (χ3n) is 2.61. The maximum atomic E-state index is 13.6. The Morgan fingerprint density at radius 2 is 1.50 bits per heavy atom. The summed E-state index contributed by atoms with van der Waals surface area (Å²) in [5.41, 5.74) is -1.41. The Bertz CT molecular complexity index is 463. The van der Waals surface area contributed by atoms with Crippen LogP contribution in [0.1, 0.15) is 11.6 Å². The van der Waals surface area contributed by atoms with Crippen molar-refractivity contribution in [3.63, 3.8) is 0 Å². The number of rotatable bonds is 4. The molecule has 0 amide bonds. The van der Waals surface area contributed by atoms with E-state index in [1.54, 1.807) is 5.32 Å². The third-order valence-corrected chi connectivity index (χ3v) is 2.61. The highest BCUT2D eigenvalue weighted by molar-refractivity contribution is 5.33. The molecule has 0 heterocycles. The molecule has 0 saturated carbocycles. The fraction of sp³-hybridized carbons (Fsp3) is 0.455. The van der Waals surface area contributed by atoms with Gasteiger partial charge in [0.2, 0.25) is 0 Å². The topological polar surface area (TPSA) is 21.3 Å². The summed E-state index contributed by atoms with van der Waals surface area (Å²) in [6.07, 6.45) is -5.96. The zero-order valence-electron chi connectivity index (χ0n) is 10.3. The van der Waals surface area contributed by atoms with Crippen LogP contribution in [0.25, 0.3) is 0 Å². The van der Waals surface area contributed by atoms with Crippen LogP contribution in [0.3, 0.4) is 0 Å². The highest BCUT2D eigenvalue weighted by Gasteiger charge is 2.63. The van der Waals surface area contributed by atoms with E-state index in [2.05, 4.69) is 4.74 Å². The number of benzene rings is 1. The molecule has 2 nitrogen and oxygen atoms in total. The molecule has 0 bridgehead atoms. The Morgan fingerprint density at radius 1 is 1.05 bits per heavy atom. The molecule has 1 aromatic carbocycles. The van der Waals surface area contributed by atoms with E-state index in [-0.39, 0.29) is 5.75 Å². The van der Waals surface area contributed by atoms with Crippen molar-refractivity contribution in [2.45, 2.75) is 18.1 Å². The van der Waals surface area contributed by atoms with Gasteiger partial charge in [0, 0.05) is 17.7 Å². The number of hydrogen-bond donors (Lipinski definition) is 1.